The molecule has 1 aliphatic heterocycles. The maximum atomic E-state index is 5.76. The van der Waals surface area contributed by atoms with Crippen molar-refractivity contribution in [1.82, 2.24) is 10.2 Å². The SMILES string of the molecule is C=CCN(CC=C)CC1(CNC(C)C)CCCOC1. The molecule has 0 aromatic carbocycles. The highest BCUT2D eigenvalue weighted by atomic mass is 16.5. The number of nitrogens with zero attached hydrogens (tertiary/aromatic N) is 1. The van der Waals surface area contributed by atoms with Gasteiger partial charge in [0, 0.05) is 44.2 Å². The molecule has 1 fully saturated rings. The summed E-state index contributed by atoms with van der Waals surface area (Å²) in [4.78, 5) is 2.40. The molecule has 0 amide bonds. The maximum absolute atomic E-state index is 5.76. The molecule has 3 nitrogen and oxygen atoms in total. The Morgan fingerprint density at radius 2 is 2.00 bits per heavy atom. The Hall–Kier alpha value is -0.640. The van der Waals surface area contributed by atoms with Crippen LogP contribution in [-0.2, 0) is 4.74 Å². The molecule has 0 radical (unpaired) electrons. The fourth-order valence-corrected chi connectivity index (χ4v) is 2.69. The quantitative estimate of drug-likeness (QED) is 0.649. The highest BCUT2D eigenvalue weighted by molar-refractivity contribution is 4.91. The maximum Gasteiger partial charge on any atom is 0.0546 e. The number of nitrogens with one attached hydrogen (secondary N) is 1. The van der Waals surface area contributed by atoms with Crippen LogP contribution in [0.25, 0.3) is 0 Å². The van der Waals surface area contributed by atoms with Crippen molar-refractivity contribution in [2.75, 3.05) is 39.4 Å². The largest absolute Gasteiger partial charge is 0.381 e. The molecular weight excluding hydrogens is 236 g/mol. The Labute approximate surface area is 118 Å². The highest BCUT2D eigenvalue weighted by Gasteiger charge is 2.34. The molecular formula is C16H30N2O. The molecule has 110 valence electrons. The van der Waals surface area contributed by atoms with Gasteiger partial charge in [-0.05, 0) is 12.8 Å². The second-order valence-corrected chi connectivity index (χ2v) is 5.96. The van der Waals surface area contributed by atoms with E-state index in [1.807, 2.05) is 12.2 Å². The van der Waals surface area contributed by atoms with E-state index in [0.717, 1.165) is 45.8 Å². The normalized spacial score (nSPS) is 23.8. The van der Waals surface area contributed by atoms with Crippen molar-refractivity contribution in [3.05, 3.63) is 25.3 Å². The summed E-state index contributed by atoms with van der Waals surface area (Å²) in [5.41, 5.74) is 0.231. The summed E-state index contributed by atoms with van der Waals surface area (Å²) in [6.45, 7) is 17.8. The van der Waals surface area contributed by atoms with Gasteiger partial charge in [0.25, 0.3) is 0 Å². The Morgan fingerprint density at radius 1 is 1.32 bits per heavy atom. The van der Waals surface area contributed by atoms with Crippen molar-refractivity contribution < 1.29 is 4.74 Å². The fourth-order valence-electron chi connectivity index (χ4n) is 2.69. The monoisotopic (exact) mass is 266 g/mol. The van der Waals surface area contributed by atoms with Gasteiger partial charge in [-0.25, -0.2) is 0 Å². The Kier molecular flexibility index (Phi) is 7.36. The van der Waals surface area contributed by atoms with E-state index in [1.54, 1.807) is 0 Å². The Morgan fingerprint density at radius 3 is 2.47 bits per heavy atom. The van der Waals surface area contributed by atoms with Crippen molar-refractivity contribution in [3.63, 3.8) is 0 Å². The van der Waals surface area contributed by atoms with Crippen molar-refractivity contribution in [2.45, 2.75) is 32.7 Å². The summed E-state index contributed by atoms with van der Waals surface area (Å²) in [5.74, 6) is 0. The molecule has 3 heteroatoms. The molecule has 19 heavy (non-hydrogen) atoms. The van der Waals surface area contributed by atoms with Gasteiger partial charge in [0.15, 0.2) is 0 Å². The predicted molar refractivity (Wildman–Crippen MR) is 82.5 cm³/mol. The van der Waals surface area contributed by atoms with Gasteiger partial charge in [-0.15, -0.1) is 13.2 Å². The Bertz CT molecular complexity index is 260. The summed E-state index contributed by atoms with van der Waals surface area (Å²) in [6.07, 6.45) is 6.33. The van der Waals surface area contributed by atoms with E-state index in [4.69, 9.17) is 4.74 Å². The van der Waals surface area contributed by atoms with Crippen LogP contribution >= 0.6 is 0 Å². The minimum atomic E-state index is 0.231. The van der Waals surface area contributed by atoms with Gasteiger partial charge in [0.05, 0.1) is 6.61 Å². The first-order chi connectivity index (χ1) is 9.12. The van der Waals surface area contributed by atoms with E-state index in [2.05, 4.69) is 37.2 Å². The topological polar surface area (TPSA) is 24.5 Å². The van der Waals surface area contributed by atoms with E-state index < -0.39 is 0 Å². The van der Waals surface area contributed by atoms with Gasteiger partial charge in [-0.2, -0.15) is 0 Å². The third kappa shape index (κ3) is 5.89. The molecule has 0 aromatic rings. The zero-order valence-electron chi connectivity index (χ0n) is 12.7. The van der Waals surface area contributed by atoms with E-state index in [9.17, 15) is 0 Å². The molecule has 1 atom stereocenters. The minimum Gasteiger partial charge on any atom is -0.381 e. The number of hydrogen-bond donors (Lipinski definition) is 1. The summed E-state index contributed by atoms with van der Waals surface area (Å²) < 4.78 is 5.76. The van der Waals surface area contributed by atoms with Crippen molar-refractivity contribution >= 4 is 0 Å². The van der Waals surface area contributed by atoms with Crippen LogP contribution in [0.3, 0.4) is 0 Å². The molecule has 0 saturated carbocycles. The second-order valence-electron chi connectivity index (χ2n) is 5.96. The molecule has 0 aliphatic carbocycles. The lowest BCUT2D eigenvalue weighted by molar-refractivity contribution is -0.0240. The van der Waals surface area contributed by atoms with Gasteiger partial charge in [-0.3, -0.25) is 4.90 Å². The standard InChI is InChI=1S/C16H30N2O/c1-5-9-18(10-6-2)13-16(12-17-15(3)4)8-7-11-19-14-16/h5-6,15,17H,1-2,7-14H2,3-4H3. The molecule has 1 N–H and O–H groups in total. The average Bonchev–Trinajstić information content (AvgIpc) is 2.38. The molecule has 1 rings (SSSR count). The van der Waals surface area contributed by atoms with E-state index in [1.165, 1.54) is 6.42 Å². The molecule has 0 spiro atoms. The highest BCUT2D eigenvalue weighted by Crippen LogP contribution is 2.29. The lowest BCUT2D eigenvalue weighted by atomic mass is 9.81. The smallest absolute Gasteiger partial charge is 0.0546 e. The number of hydrogen-bond acceptors (Lipinski definition) is 3. The molecule has 0 bridgehead atoms. The summed E-state index contributed by atoms with van der Waals surface area (Å²) in [5, 5.41) is 3.59. The van der Waals surface area contributed by atoms with Crippen LogP contribution in [0.2, 0.25) is 0 Å². The average molecular weight is 266 g/mol. The molecule has 1 saturated heterocycles. The van der Waals surface area contributed by atoms with E-state index >= 15 is 0 Å². The van der Waals surface area contributed by atoms with Gasteiger partial charge < -0.3 is 10.1 Å². The van der Waals surface area contributed by atoms with Crippen molar-refractivity contribution in [2.24, 2.45) is 5.41 Å². The molecule has 1 unspecified atom stereocenters. The zero-order valence-corrected chi connectivity index (χ0v) is 12.7. The van der Waals surface area contributed by atoms with Crippen LogP contribution in [0.4, 0.5) is 0 Å². The molecule has 0 aromatic heterocycles. The van der Waals surface area contributed by atoms with Crippen LogP contribution in [0.15, 0.2) is 25.3 Å². The van der Waals surface area contributed by atoms with Gasteiger partial charge in [-0.1, -0.05) is 26.0 Å². The third-order valence-electron chi connectivity index (χ3n) is 3.62. The van der Waals surface area contributed by atoms with Gasteiger partial charge in [0.2, 0.25) is 0 Å². The summed E-state index contributed by atoms with van der Waals surface area (Å²) >= 11 is 0. The molecule has 1 aliphatic rings. The first-order valence-corrected chi connectivity index (χ1v) is 7.37. The van der Waals surface area contributed by atoms with Crippen LogP contribution in [0.1, 0.15) is 26.7 Å². The van der Waals surface area contributed by atoms with Crippen LogP contribution in [0, 0.1) is 5.41 Å². The fraction of sp³-hybridized carbons (Fsp3) is 0.750. The summed E-state index contributed by atoms with van der Waals surface area (Å²) in [6, 6.07) is 0.520. The van der Waals surface area contributed by atoms with Crippen LogP contribution in [0.5, 0.6) is 0 Å². The van der Waals surface area contributed by atoms with Gasteiger partial charge >= 0.3 is 0 Å². The van der Waals surface area contributed by atoms with Crippen molar-refractivity contribution in [1.29, 1.82) is 0 Å². The molecule has 1 heterocycles. The van der Waals surface area contributed by atoms with Gasteiger partial charge in [0.1, 0.15) is 0 Å². The van der Waals surface area contributed by atoms with E-state index in [0.29, 0.717) is 6.04 Å². The lowest BCUT2D eigenvalue weighted by Gasteiger charge is -2.41. The summed E-state index contributed by atoms with van der Waals surface area (Å²) in [7, 11) is 0. The lowest BCUT2D eigenvalue weighted by Crippen LogP contribution is -2.50. The zero-order chi connectivity index (χ0) is 14.1. The van der Waals surface area contributed by atoms with Crippen molar-refractivity contribution in [3.8, 4) is 0 Å². The first kappa shape index (κ1) is 16.4. The minimum absolute atomic E-state index is 0.231. The number of rotatable bonds is 9. The van der Waals surface area contributed by atoms with Crippen LogP contribution < -0.4 is 5.32 Å². The van der Waals surface area contributed by atoms with E-state index in [-0.39, 0.29) is 5.41 Å². The predicted octanol–water partition coefficient (Wildman–Crippen LogP) is 2.46. The first-order valence-electron chi connectivity index (χ1n) is 7.37. The Balaban J connectivity index is 2.65. The third-order valence-corrected chi connectivity index (χ3v) is 3.62. The second kappa shape index (κ2) is 8.51. The van der Waals surface area contributed by atoms with Crippen LogP contribution in [-0.4, -0.2) is 50.3 Å². The number of ether oxygens (including phenoxy) is 1.